The second-order valence-electron chi connectivity index (χ2n) is 7.33. The molecular weight excluding hydrogens is 348 g/mol. The van der Waals surface area contributed by atoms with Crippen LogP contribution < -0.4 is 11.1 Å². The summed E-state index contributed by atoms with van der Waals surface area (Å²) in [6.45, 7) is 20.9. The Morgan fingerprint density at radius 1 is 1.04 bits per heavy atom. The first kappa shape index (κ1) is 31.3. The average Bonchev–Trinajstić information content (AvgIpc) is 2.70. The van der Waals surface area contributed by atoms with Crippen LogP contribution in [0.4, 0.5) is 0 Å². The standard InChI is InChI=1S/C16H25NO.C4H11NO.2C2H6/c1-5-13-9-14(6-2)11-15(10-13)16(18)17-8-7-12(3)4;1-4(2,5)3-6;2*1-2/h9-12H,5-8H2,1-4H3,(H,17,18);6H,3,5H2,1-2H3;2*1-2H3. The highest BCUT2D eigenvalue weighted by Gasteiger charge is 2.08. The molecule has 0 saturated carbocycles. The number of benzene rings is 1. The van der Waals surface area contributed by atoms with Crippen molar-refractivity contribution in [2.75, 3.05) is 13.2 Å². The van der Waals surface area contributed by atoms with Gasteiger partial charge in [-0.05, 0) is 62.3 Å². The Labute approximate surface area is 175 Å². The lowest BCUT2D eigenvalue weighted by Gasteiger charge is -2.12. The summed E-state index contributed by atoms with van der Waals surface area (Å²) < 4.78 is 0. The van der Waals surface area contributed by atoms with Crippen molar-refractivity contribution in [3.8, 4) is 0 Å². The van der Waals surface area contributed by atoms with Gasteiger partial charge in [-0.15, -0.1) is 0 Å². The fourth-order valence-electron chi connectivity index (χ4n) is 1.88. The Balaban J connectivity index is -0.000000526. The normalized spacial score (nSPS) is 9.89. The Morgan fingerprint density at radius 2 is 1.43 bits per heavy atom. The van der Waals surface area contributed by atoms with Crippen LogP contribution in [0, 0.1) is 5.92 Å². The van der Waals surface area contributed by atoms with Gasteiger partial charge in [-0.3, -0.25) is 4.79 Å². The van der Waals surface area contributed by atoms with Gasteiger partial charge in [0, 0.05) is 17.6 Å². The summed E-state index contributed by atoms with van der Waals surface area (Å²) in [5, 5.41) is 11.3. The number of hydrogen-bond acceptors (Lipinski definition) is 3. The lowest BCUT2D eigenvalue weighted by molar-refractivity contribution is 0.0952. The number of aliphatic hydroxyl groups excluding tert-OH is 1. The molecule has 0 saturated heterocycles. The molecule has 1 aromatic rings. The molecule has 0 atom stereocenters. The van der Waals surface area contributed by atoms with E-state index in [-0.39, 0.29) is 12.5 Å². The molecule has 4 heteroatoms. The number of rotatable bonds is 7. The van der Waals surface area contributed by atoms with Crippen molar-refractivity contribution in [3.05, 3.63) is 34.9 Å². The Bertz CT molecular complexity index is 470. The lowest BCUT2D eigenvalue weighted by atomic mass is 10.0. The first-order valence-corrected chi connectivity index (χ1v) is 10.9. The van der Waals surface area contributed by atoms with Gasteiger partial charge in [0.15, 0.2) is 0 Å². The summed E-state index contributed by atoms with van der Waals surface area (Å²) >= 11 is 0. The van der Waals surface area contributed by atoms with Crippen LogP contribution in [-0.2, 0) is 12.8 Å². The van der Waals surface area contributed by atoms with Crippen LogP contribution in [0.3, 0.4) is 0 Å². The van der Waals surface area contributed by atoms with Crippen LogP contribution in [0.2, 0.25) is 0 Å². The van der Waals surface area contributed by atoms with E-state index in [0.717, 1.165) is 31.4 Å². The predicted molar refractivity (Wildman–Crippen MR) is 125 cm³/mol. The second kappa shape index (κ2) is 18.9. The molecule has 0 fully saturated rings. The third kappa shape index (κ3) is 18.0. The van der Waals surface area contributed by atoms with Gasteiger partial charge in [0.05, 0.1) is 6.61 Å². The lowest BCUT2D eigenvalue weighted by Crippen LogP contribution is -2.35. The molecule has 4 N–H and O–H groups in total. The molecular formula is C24H48N2O2. The summed E-state index contributed by atoms with van der Waals surface area (Å²) in [6, 6.07) is 6.19. The zero-order valence-corrected chi connectivity index (χ0v) is 20.3. The monoisotopic (exact) mass is 396 g/mol. The number of nitrogens with one attached hydrogen (secondary N) is 1. The van der Waals surface area contributed by atoms with Crippen LogP contribution in [0.25, 0.3) is 0 Å². The molecule has 28 heavy (non-hydrogen) atoms. The minimum Gasteiger partial charge on any atom is -0.394 e. The number of aryl methyl sites for hydroxylation is 2. The van der Waals surface area contributed by atoms with Crippen LogP contribution in [0.1, 0.15) is 97.1 Å². The summed E-state index contributed by atoms with van der Waals surface area (Å²) in [5.74, 6) is 0.680. The first-order chi connectivity index (χ1) is 13.1. The maximum Gasteiger partial charge on any atom is 0.251 e. The van der Waals surface area contributed by atoms with Crippen molar-refractivity contribution in [2.45, 2.75) is 94.0 Å². The molecule has 1 rings (SSSR count). The number of carbonyl (C=O) groups is 1. The van der Waals surface area contributed by atoms with Crippen LogP contribution >= 0.6 is 0 Å². The molecule has 1 amide bonds. The molecule has 0 heterocycles. The SMILES string of the molecule is CC.CC.CC(C)(N)CO.CCc1cc(CC)cc(C(=O)NCCC(C)C)c1. The van der Waals surface area contributed by atoms with Gasteiger partial charge in [-0.1, -0.05) is 61.5 Å². The Hall–Kier alpha value is -1.39. The molecule has 0 radical (unpaired) electrons. The van der Waals surface area contributed by atoms with Gasteiger partial charge < -0.3 is 16.2 Å². The third-order valence-corrected chi connectivity index (χ3v) is 3.55. The maximum absolute atomic E-state index is 12.1. The fraction of sp³-hybridized carbons (Fsp3) is 0.708. The molecule has 0 aliphatic heterocycles. The summed E-state index contributed by atoms with van der Waals surface area (Å²) in [7, 11) is 0. The van der Waals surface area contributed by atoms with Crippen molar-refractivity contribution >= 4 is 5.91 Å². The molecule has 1 aromatic carbocycles. The van der Waals surface area contributed by atoms with E-state index >= 15 is 0 Å². The molecule has 0 bridgehead atoms. The Kier molecular flexibility index (Phi) is 21.2. The molecule has 0 aromatic heterocycles. The largest absolute Gasteiger partial charge is 0.394 e. The number of hydrogen-bond donors (Lipinski definition) is 3. The van der Waals surface area contributed by atoms with Crippen molar-refractivity contribution in [1.82, 2.24) is 5.32 Å². The van der Waals surface area contributed by atoms with E-state index in [2.05, 4.69) is 39.1 Å². The zero-order chi connectivity index (χ0) is 22.8. The highest BCUT2D eigenvalue weighted by molar-refractivity contribution is 5.94. The number of amides is 1. The molecule has 0 spiro atoms. The fourth-order valence-corrected chi connectivity index (χ4v) is 1.88. The van der Waals surface area contributed by atoms with Crippen LogP contribution in [0.5, 0.6) is 0 Å². The van der Waals surface area contributed by atoms with Gasteiger partial charge in [0.1, 0.15) is 0 Å². The topological polar surface area (TPSA) is 75.3 Å². The molecule has 4 nitrogen and oxygen atoms in total. The molecule has 0 aliphatic rings. The molecule has 0 unspecified atom stereocenters. The van der Waals surface area contributed by atoms with Gasteiger partial charge >= 0.3 is 0 Å². The second-order valence-corrected chi connectivity index (χ2v) is 7.33. The van der Waals surface area contributed by atoms with E-state index < -0.39 is 5.54 Å². The van der Waals surface area contributed by atoms with E-state index in [0.29, 0.717) is 5.92 Å². The molecule has 166 valence electrons. The van der Waals surface area contributed by atoms with Crippen molar-refractivity contribution in [3.63, 3.8) is 0 Å². The highest BCUT2D eigenvalue weighted by Crippen LogP contribution is 2.12. The minimum atomic E-state index is -0.403. The number of nitrogens with two attached hydrogens (primary N) is 1. The molecule has 0 aliphatic carbocycles. The summed E-state index contributed by atoms with van der Waals surface area (Å²) in [6.07, 6.45) is 2.97. The van der Waals surface area contributed by atoms with Crippen LogP contribution in [-0.4, -0.2) is 29.7 Å². The van der Waals surface area contributed by atoms with E-state index in [1.165, 1.54) is 11.1 Å². The average molecular weight is 397 g/mol. The summed E-state index contributed by atoms with van der Waals surface area (Å²) in [5.41, 5.74) is 8.16. The Morgan fingerprint density at radius 3 is 1.71 bits per heavy atom. The highest BCUT2D eigenvalue weighted by atomic mass is 16.3. The van der Waals surface area contributed by atoms with Crippen LogP contribution in [0.15, 0.2) is 18.2 Å². The first-order valence-electron chi connectivity index (χ1n) is 10.9. The van der Waals surface area contributed by atoms with Crippen molar-refractivity contribution in [2.24, 2.45) is 11.7 Å². The smallest absolute Gasteiger partial charge is 0.251 e. The predicted octanol–water partition coefficient (Wildman–Crippen LogP) is 5.36. The van der Waals surface area contributed by atoms with Gasteiger partial charge in [0.2, 0.25) is 0 Å². The van der Waals surface area contributed by atoms with Gasteiger partial charge in [-0.2, -0.15) is 0 Å². The van der Waals surface area contributed by atoms with E-state index in [1.807, 2.05) is 39.8 Å². The van der Waals surface area contributed by atoms with Crippen molar-refractivity contribution in [1.29, 1.82) is 0 Å². The van der Waals surface area contributed by atoms with Crippen molar-refractivity contribution < 1.29 is 9.90 Å². The van der Waals surface area contributed by atoms with E-state index in [1.54, 1.807) is 13.8 Å². The zero-order valence-electron chi connectivity index (χ0n) is 20.3. The number of carbonyl (C=O) groups excluding carboxylic acids is 1. The third-order valence-electron chi connectivity index (χ3n) is 3.55. The quantitative estimate of drug-likeness (QED) is 0.581. The van der Waals surface area contributed by atoms with Gasteiger partial charge in [-0.25, -0.2) is 0 Å². The minimum absolute atomic E-state index is 0.0486. The number of aliphatic hydroxyl groups is 1. The summed E-state index contributed by atoms with van der Waals surface area (Å²) in [4.78, 5) is 12.1. The van der Waals surface area contributed by atoms with Gasteiger partial charge in [0.25, 0.3) is 5.91 Å². The maximum atomic E-state index is 12.1. The van der Waals surface area contributed by atoms with E-state index in [9.17, 15) is 4.79 Å². The van der Waals surface area contributed by atoms with E-state index in [4.69, 9.17) is 10.8 Å².